The zero-order chi connectivity index (χ0) is 24.2. The molecule has 170 valence electrons. The van der Waals surface area contributed by atoms with Gasteiger partial charge in [-0.05, 0) is 43.3 Å². The highest BCUT2D eigenvalue weighted by atomic mass is 19.4. The van der Waals surface area contributed by atoms with E-state index in [0.717, 1.165) is 9.42 Å². The number of fused-ring (bicyclic) bond motifs is 2. The van der Waals surface area contributed by atoms with Crippen molar-refractivity contribution in [1.29, 1.82) is 0 Å². The first kappa shape index (κ1) is 21.2. The molecule has 0 saturated carbocycles. The molecule has 0 bridgehead atoms. The van der Waals surface area contributed by atoms with E-state index >= 15 is 0 Å². The van der Waals surface area contributed by atoms with Gasteiger partial charge in [-0.15, -0.1) is 5.10 Å². The molecule has 0 aliphatic carbocycles. The predicted molar refractivity (Wildman–Crippen MR) is 112 cm³/mol. The van der Waals surface area contributed by atoms with E-state index in [9.17, 15) is 27.6 Å². The second-order valence-electron chi connectivity index (χ2n) is 7.42. The summed E-state index contributed by atoms with van der Waals surface area (Å²) in [5.74, 6) is -3.19. The molecule has 12 heteroatoms. The van der Waals surface area contributed by atoms with Crippen molar-refractivity contribution < 1.29 is 27.6 Å². The number of nitrogens with one attached hydrogen (secondary N) is 1. The van der Waals surface area contributed by atoms with Crippen LogP contribution in [0, 0.1) is 6.92 Å². The zero-order valence-corrected chi connectivity index (χ0v) is 17.3. The van der Waals surface area contributed by atoms with Crippen LogP contribution < -0.4 is 10.2 Å². The summed E-state index contributed by atoms with van der Waals surface area (Å²) in [6, 6.07) is 13.5. The number of rotatable bonds is 3. The molecular formula is C22H13F3N6O3. The van der Waals surface area contributed by atoms with Gasteiger partial charge in [-0.25, -0.2) is 9.42 Å². The molecule has 3 heterocycles. The first-order valence-corrected chi connectivity index (χ1v) is 9.84. The summed E-state index contributed by atoms with van der Waals surface area (Å²) in [5.41, 5.74) is 1.35. The molecule has 9 nitrogen and oxygen atoms in total. The van der Waals surface area contributed by atoms with Gasteiger partial charge in [0.15, 0.2) is 0 Å². The number of benzene rings is 2. The van der Waals surface area contributed by atoms with Gasteiger partial charge in [0.1, 0.15) is 5.82 Å². The Balaban J connectivity index is 1.37. The molecule has 0 unspecified atom stereocenters. The van der Waals surface area contributed by atoms with E-state index in [1.807, 2.05) is 0 Å². The normalized spacial score (nSPS) is 13.5. The fourth-order valence-electron chi connectivity index (χ4n) is 3.57. The van der Waals surface area contributed by atoms with Crippen LogP contribution in [0.2, 0.25) is 0 Å². The van der Waals surface area contributed by atoms with Crippen LogP contribution in [0.1, 0.15) is 42.6 Å². The van der Waals surface area contributed by atoms with Gasteiger partial charge >= 0.3 is 6.18 Å². The molecule has 0 spiro atoms. The lowest BCUT2D eigenvalue weighted by Gasteiger charge is -2.14. The third-order valence-electron chi connectivity index (χ3n) is 5.17. The molecule has 1 aliphatic rings. The zero-order valence-electron chi connectivity index (χ0n) is 17.3. The number of halogens is 3. The highest BCUT2D eigenvalue weighted by molar-refractivity contribution is 6.34. The van der Waals surface area contributed by atoms with Crippen LogP contribution in [-0.4, -0.2) is 37.3 Å². The van der Waals surface area contributed by atoms with Crippen molar-refractivity contribution in [3.63, 3.8) is 0 Å². The largest absolute Gasteiger partial charge is 0.453 e. The molecule has 1 aliphatic heterocycles. The molecule has 2 aromatic heterocycles. The number of alkyl halides is 3. The van der Waals surface area contributed by atoms with Crippen molar-refractivity contribution in [1.82, 2.24) is 19.6 Å². The van der Waals surface area contributed by atoms with Crippen molar-refractivity contribution in [2.75, 3.05) is 10.2 Å². The van der Waals surface area contributed by atoms with Gasteiger partial charge in [-0.2, -0.15) is 23.1 Å². The third kappa shape index (κ3) is 3.45. The first-order chi connectivity index (χ1) is 16.1. The van der Waals surface area contributed by atoms with E-state index in [-0.39, 0.29) is 22.9 Å². The monoisotopic (exact) mass is 466 g/mol. The molecule has 0 radical (unpaired) electrons. The number of aromatic nitrogens is 4. The third-order valence-corrected chi connectivity index (χ3v) is 5.17. The van der Waals surface area contributed by atoms with Crippen molar-refractivity contribution >= 4 is 35.0 Å². The van der Waals surface area contributed by atoms with Gasteiger partial charge in [-0.1, -0.05) is 12.1 Å². The SMILES string of the molecule is Cc1cc(NC(=O)c2ccc(N3C(=O)c4ccccc4C3=O)cc2)nc2nc(C(F)(F)F)nn12. The van der Waals surface area contributed by atoms with E-state index < -0.39 is 29.7 Å². The van der Waals surface area contributed by atoms with Gasteiger partial charge in [-0.3, -0.25) is 14.4 Å². The van der Waals surface area contributed by atoms with Crippen LogP contribution in [0.5, 0.6) is 0 Å². The maximum Gasteiger partial charge on any atom is 0.453 e. The molecule has 5 rings (SSSR count). The van der Waals surface area contributed by atoms with E-state index in [4.69, 9.17) is 0 Å². The summed E-state index contributed by atoms with van der Waals surface area (Å²) in [5, 5.41) is 5.88. The standard InChI is InChI=1S/C22H13F3N6O3/c1-11-10-16(27-21-28-20(22(23,24)25)29-31(11)21)26-17(32)12-6-8-13(9-7-12)30-18(33)14-4-2-3-5-15(14)19(30)34/h2-10H,1H3,(H,26,27,28,29,32). The average Bonchev–Trinajstić information content (AvgIpc) is 3.34. The maximum absolute atomic E-state index is 12.9. The van der Waals surface area contributed by atoms with Crippen LogP contribution in [0.3, 0.4) is 0 Å². The van der Waals surface area contributed by atoms with Crippen LogP contribution in [0.15, 0.2) is 54.6 Å². The minimum absolute atomic E-state index is 0.0134. The number of aryl methyl sites for hydroxylation is 1. The summed E-state index contributed by atoms with van der Waals surface area (Å²) < 4.78 is 39.6. The lowest BCUT2D eigenvalue weighted by Crippen LogP contribution is -2.29. The number of amides is 3. The lowest BCUT2D eigenvalue weighted by molar-refractivity contribution is -0.144. The van der Waals surface area contributed by atoms with Crippen LogP contribution in [-0.2, 0) is 6.18 Å². The Labute approximate surface area is 188 Å². The number of anilines is 2. The van der Waals surface area contributed by atoms with Gasteiger partial charge in [0.2, 0.25) is 0 Å². The Hall–Kier alpha value is -4.61. The molecule has 0 saturated heterocycles. The van der Waals surface area contributed by atoms with E-state index in [0.29, 0.717) is 16.8 Å². The fraction of sp³-hybridized carbons (Fsp3) is 0.0909. The van der Waals surface area contributed by atoms with Crippen LogP contribution in [0.25, 0.3) is 5.78 Å². The number of carbonyl (C=O) groups is 3. The van der Waals surface area contributed by atoms with Crippen molar-refractivity contribution in [3.05, 3.63) is 82.8 Å². The minimum Gasteiger partial charge on any atom is -0.306 e. The first-order valence-electron chi connectivity index (χ1n) is 9.84. The summed E-state index contributed by atoms with van der Waals surface area (Å²) in [6.07, 6.45) is -4.73. The van der Waals surface area contributed by atoms with Crippen molar-refractivity contribution in [2.24, 2.45) is 0 Å². The summed E-state index contributed by atoms with van der Waals surface area (Å²) in [6.45, 7) is 1.50. The molecule has 2 aromatic carbocycles. The summed E-state index contributed by atoms with van der Waals surface area (Å²) >= 11 is 0. The fourth-order valence-corrected chi connectivity index (χ4v) is 3.57. The molecule has 4 aromatic rings. The highest BCUT2D eigenvalue weighted by Crippen LogP contribution is 2.29. The Morgan fingerprint density at radius 2 is 1.56 bits per heavy atom. The number of hydrogen-bond donors (Lipinski definition) is 1. The average molecular weight is 466 g/mol. The smallest absolute Gasteiger partial charge is 0.306 e. The molecule has 1 N–H and O–H groups in total. The Bertz CT molecular complexity index is 1460. The minimum atomic E-state index is -4.73. The number of carbonyl (C=O) groups excluding carboxylic acids is 3. The van der Waals surface area contributed by atoms with Crippen molar-refractivity contribution in [2.45, 2.75) is 13.1 Å². The second kappa shape index (κ2) is 7.47. The molecular weight excluding hydrogens is 453 g/mol. The van der Waals surface area contributed by atoms with Gasteiger partial charge < -0.3 is 5.32 Å². The summed E-state index contributed by atoms with van der Waals surface area (Å²) in [7, 11) is 0. The maximum atomic E-state index is 12.9. The predicted octanol–water partition coefficient (Wildman–Crippen LogP) is 3.50. The number of hydrogen-bond acceptors (Lipinski definition) is 6. The molecule has 0 fully saturated rings. The Kier molecular flexibility index (Phi) is 4.67. The summed E-state index contributed by atoms with van der Waals surface area (Å²) in [4.78, 5) is 46.2. The lowest BCUT2D eigenvalue weighted by atomic mass is 10.1. The van der Waals surface area contributed by atoms with Crippen molar-refractivity contribution in [3.8, 4) is 0 Å². The Morgan fingerprint density at radius 3 is 2.15 bits per heavy atom. The second-order valence-corrected chi connectivity index (χ2v) is 7.42. The van der Waals surface area contributed by atoms with E-state index in [1.54, 1.807) is 24.3 Å². The molecule has 3 amide bonds. The highest BCUT2D eigenvalue weighted by Gasteiger charge is 2.37. The van der Waals surface area contributed by atoms with E-state index in [1.165, 1.54) is 37.3 Å². The Morgan fingerprint density at radius 1 is 0.941 bits per heavy atom. The van der Waals surface area contributed by atoms with E-state index in [2.05, 4.69) is 20.4 Å². The quantitative estimate of drug-likeness (QED) is 0.463. The van der Waals surface area contributed by atoms with Crippen LogP contribution in [0.4, 0.5) is 24.7 Å². The topological polar surface area (TPSA) is 110 Å². The van der Waals surface area contributed by atoms with Crippen LogP contribution >= 0.6 is 0 Å². The molecule has 34 heavy (non-hydrogen) atoms. The number of nitrogens with zero attached hydrogens (tertiary/aromatic N) is 5. The van der Waals surface area contributed by atoms with Gasteiger partial charge in [0, 0.05) is 17.3 Å². The van der Waals surface area contributed by atoms with Gasteiger partial charge in [0.05, 0.1) is 16.8 Å². The molecule has 0 atom stereocenters. The van der Waals surface area contributed by atoms with Gasteiger partial charge in [0.25, 0.3) is 29.3 Å². The number of imide groups is 1.